The molecule has 0 bridgehead atoms. The molecule has 2 heterocycles. The van der Waals surface area contributed by atoms with Crippen molar-refractivity contribution in [2.24, 2.45) is 5.41 Å². The molecule has 0 aromatic heterocycles. The van der Waals surface area contributed by atoms with Gasteiger partial charge in [0.2, 0.25) is 0 Å². The molecule has 3 aromatic rings. The first-order valence-corrected chi connectivity index (χ1v) is 12.6. The SMILES string of the molecule is C=C1N(C(=O)c2ccccc2)N2CCc3ccccc3[C@@H]2[C@]1(Cc1ccc(Br)cc1)C(=O)OCC. The summed E-state index contributed by atoms with van der Waals surface area (Å²) < 4.78 is 6.68. The maximum absolute atomic E-state index is 14.0. The topological polar surface area (TPSA) is 49.9 Å². The number of hydrogen-bond donors (Lipinski definition) is 0. The first-order valence-electron chi connectivity index (χ1n) is 11.8. The Morgan fingerprint density at radius 3 is 2.43 bits per heavy atom. The highest BCUT2D eigenvalue weighted by atomic mass is 79.9. The lowest BCUT2D eigenvalue weighted by Crippen LogP contribution is -2.46. The van der Waals surface area contributed by atoms with Gasteiger partial charge in [-0.05, 0) is 60.7 Å². The Labute approximate surface area is 214 Å². The Morgan fingerprint density at radius 1 is 1.03 bits per heavy atom. The fourth-order valence-electron chi connectivity index (χ4n) is 5.42. The number of esters is 1. The van der Waals surface area contributed by atoms with E-state index in [-0.39, 0.29) is 18.5 Å². The van der Waals surface area contributed by atoms with E-state index in [1.54, 1.807) is 17.1 Å². The first kappa shape index (κ1) is 23.5. The van der Waals surface area contributed by atoms with Crippen LogP contribution in [0.25, 0.3) is 0 Å². The molecule has 0 saturated carbocycles. The highest BCUT2D eigenvalue weighted by Crippen LogP contribution is 2.57. The predicted molar refractivity (Wildman–Crippen MR) is 138 cm³/mol. The lowest BCUT2D eigenvalue weighted by atomic mass is 9.69. The Balaban J connectivity index is 1.71. The molecule has 2 aliphatic rings. The van der Waals surface area contributed by atoms with E-state index in [9.17, 15) is 9.59 Å². The summed E-state index contributed by atoms with van der Waals surface area (Å²) in [5.74, 6) is -0.551. The van der Waals surface area contributed by atoms with Gasteiger partial charge in [0, 0.05) is 16.6 Å². The first-order chi connectivity index (χ1) is 17.0. The van der Waals surface area contributed by atoms with Crippen LogP contribution in [0, 0.1) is 5.41 Å². The van der Waals surface area contributed by atoms with E-state index in [1.807, 2.05) is 66.5 Å². The lowest BCUT2D eigenvalue weighted by molar-refractivity contribution is -0.155. The van der Waals surface area contributed by atoms with Crippen molar-refractivity contribution >= 4 is 27.8 Å². The molecular formula is C29H27BrN2O3. The van der Waals surface area contributed by atoms with Crippen molar-refractivity contribution in [3.05, 3.63) is 118 Å². The summed E-state index contributed by atoms with van der Waals surface area (Å²) in [4.78, 5) is 27.8. The third-order valence-electron chi connectivity index (χ3n) is 7.00. The molecule has 1 fully saturated rings. The second-order valence-electron chi connectivity index (χ2n) is 8.94. The molecule has 1 amide bonds. The summed E-state index contributed by atoms with van der Waals surface area (Å²) in [6.45, 7) is 7.05. The zero-order chi connectivity index (χ0) is 24.6. The second-order valence-corrected chi connectivity index (χ2v) is 9.85. The van der Waals surface area contributed by atoms with Gasteiger partial charge in [-0.25, -0.2) is 10.0 Å². The summed E-state index contributed by atoms with van der Waals surface area (Å²) in [5, 5.41) is 3.65. The van der Waals surface area contributed by atoms with Gasteiger partial charge in [0.05, 0.1) is 18.3 Å². The number of nitrogens with zero attached hydrogens (tertiary/aromatic N) is 2. The smallest absolute Gasteiger partial charge is 0.320 e. The molecule has 2 atom stereocenters. The fraction of sp³-hybridized carbons (Fsp3) is 0.241. The maximum atomic E-state index is 14.0. The number of ether oxygens (including phenoxy) is 1. The van der Waals surface area contributed by atoms with E-state index < -0.39 is 11.5 Å². The standard InChI is InChI=1S/C29H27BrN2O3/c1-3-35-28(34)29(19-21-13-15-24(30)16-14-21)20(2)32(27(33)23-10-5-4-6-11-23)31-18-17-22-9-7-8-12-25(22)26(29)31/h4-16,26H,2-3,17-19H2,1H3/t26-,29-/m1/s1. The largest absolute Gasteiger partial charge is 0.465 e. The van der Waals surface area contributed by atoms with Crippen molar-refractivity contribution < 1.29 is 14.3 Å². The minimum atomic E-state index is -1.16. The van der Waals surface area contributed by atoms with Gasteiger partial charge in [0.1, 0.15) is 5.41 Å². The average Bonchev–Trinajstić information content (AvgIpc) is 3.14. The molecule has 3 aromatic carbocycles. The molecule has 2 aliphatic heterocycles. The Kier molecular flexibility index (Phi) is 6.34. The Bertz CT molecular complexity index is 1270. The van der Waals surface area contributed by atoms with Crippen molar-refractivity contribution in [2.75, 3.05) is 13.2 Å². The van der Waals surface area contributed by atoms with Crippen LogP contribution in [0.5, 0.6) is 0 Å². The van der Waals surface area contributed by atoms with Crippen LogP contribution in [0.4, 0.5) is 0 Å². The third kappa shape index (κ3) is 3.91. The summed E-state index contributed by atoms with van der Waals surface area (Å²) >= 11 is 3.50. The average molecular weight is 531 g/mol. The number of amides is 1. The van der Waals surface area contributed by atoms with Gasteiger partial charge in [-0.3, -0.25) is 9.59 Å². The third-order valence-corrected chi connectivity index (χ3v) is 7.53. The van der Waals surface area contributed by atoms with Gasteiger partial charge in [0.15, 0.2) is 0 Å². The van der Waals surface area contributed by atoms with Gasteiger partial charge in [0.25, 0.3) is 5.91 Å². The number of fused-ring (bicyclic) bond motifs is 3. The summed E-state index contributed by atoms with van der Waals surface area (Å²) in [5.41, 5.74) is 3.03. The maximum Gasteiger partial charge on any atom is 0.320 e. The van der Waals surface area contributed by atoms with Crippen LogP contribution in [0.2, 0.25) is 0 Å². The second kappa shape index (κ2) is 9.44. The summed E-state index contributed by atoms with van der Waals surface area (Å²) in [6.07, 6.45) is 1.14. The van der Waals surface area contributed by atoms with E-state index in [2.05, 4.69) is 34.6 Å². The normalized spacial score (nSPS) is 21.4. The minimum Gasteiger partial charge on any atom is -0.465 e. The highest BCUT2D eigenvalue weighted by molar-refractivity contribution is 9.10. The summed E-state index contributed by atoms with van der Waals surface area (Å²) in [7, 11) is 0. The predicted octanol–water partition coefficient (Wildman–Crippen LogP) is 5.73. The van der Waals surface area contributed by atoms with Crippen molar-refractivity contribution in [2.45, 2.75) is 25.8 Å². The number of carbonyl (C=O) groups is 2. The van der Waals surface area contributed by atoms with Crippen LogP contribution in [-0.4, -0.2) is 35.0 Å². The zero-order valence-electron chi connectivity index (χ0n) is 19.6. The molecule has 1 saturated heterocycles. The molecule has 0 spiro atoms. The molecule has 0 radical (unpaired) electrons. The van der Waals surface area contributed by atoms with Gasteiger partial charge >= 0.3 is 5.97 Å². The van der Waals surface area contributed by atoms with Gasteiger partial charge in [-0.2, -0.15) is 0 Å². The zero-order valence-corrected chi connectivity index (χ0v) is 21.2. The molecule has 0 unspecified atom stereocenters. The monoisotopic (exact) mass is 530 g/mol. The lowest BCUT2D eigenvalue weighted by Gasteiger charge is -2.39. The van der Waals surface area contributed by atoms with Gasteiger partial charge in [-0.15, -0.1) is 0 Å². The number of hydrogen-bond acceptors (Lipinski definition) is 4. The number of halogens is 1. The molecular weight excluding hydrogens is 504 g/mol. The number of benzene rings is 3. The molecule has 5 nitrogen and oxygen atoms in total. The van der Waals surface area contributed by atoms with Crippen LogP contribution in [0.1, 0.15) is 40.0 Å². The highest BCUT2D eigenvalue weighted by Gasteiger charge is 2.63. The van der Waals surface area contributed by atoms with Crippen molar-refractivity contribution in [1.82, 2.24) is 10.0 Å². The molecule has 35 heavy (non-hydrogen) atoms. The van der Waals surface area contributed by atoms with Crippen LogP contribution in [-0.2, 0) is 22.4 Å². The summed E-state index contributed by atoms with van der Waals surface area (Å²) in [6, 6.07) is 24.8. The minimum absolute atomic E-state index is 0.193. The van der Waals surface area contributed by atoms with E-state index in [0.29, 0.717) is 24.2 Å². The molecule has 6 heteroatoms. The number of carbonyl (C=O) groups excluding carboxylic acids is 2. The van der Waals surface area contributed by atoms with Crippen molar-refractivity contribution in [1.29, 1.82) is 0 Å². The molecule has 0 N–H and O–H groups in total. The van der Waals surface area contributed by atoms with E-state index >= 15 is 0 Å². The van der Waals surface area contributed by atoms with E-state index in [4.69, 9.17) is 4.74 Å². The van der Waals surface area contributed by atoms with Crippen LogP contribution in [0.15, 0.2) is 95.6 Å². The van der Waals surface area contributed by atoms with Gasteiger partial charge in [-0.1, -0.05) is 77.1 Å². The van der Waals surface area contributed by atoms with E-state index in [1.165, 1.54) is 5.56 Å². The molecule has 5 rings (SSSR count). The molecule has 178 valence electrons. The number of rotatable bonds is 5. The van der Waals surface area contributed by atoms with Crippen LogP contribution in [0.3, 0.4) is 0 Å². The van der Waals surface area contributed by atoms with Crippen LogP contribution >= 0.6 is 15.9 Å². The van der Waals surface area contributed by atoms with Crippen molar-refractivity contribution in [3.63, 3.8) is 0 Å². The molecule has 0 aliphatic carbocycles. The number of hydrazine groups is 1. The van der Waals surface area contributed by atoms with E-state index in [0.717, 1.165) is 22.0 Å². The Morgan fingerprint density at radius 2 is 1.71 bits per heavy atom. The quantitative estimate of drug-likeness (QED) is 0.395. The fourth-order valence-corrected chi connectivity index (χ4v) is 5.68. The van der Waals surface area contributed by atoms with Crippen molar-refractivity contribution in [3.8, 4) is 0 Å². The van der Waals surface area contributed by atoms with Crippen LogP contribution < -0.4 is 0 Å². The Hall–Kier alpha value is -3.22. The van der Waals surface area contributed by atoms with Gasteiger partial charge < -0.3 is 4.74 Å².